The van der Waals surface area contributed by atoms with Gasteiger partial charge >= 0.3 is 11.9 Å². The van der Waals surface area contributed by atoms with E-state index in [4.69, 9.17) is 9.47 Å². The zero-order chi connectivity index (χ0) is 20.9. The third-order valence-electron chi connectivity index (χ3n) is 3.94. The second-order valence-corrected chi connectivity index (χ2v) is 8.36. The predicted octanol–water partition coefficient (Wildman–Crippen LogP) is 4.52. The van der Waals surface area contributed by atoms with Crippen LogP contribution < -0.4 is 0 Å². The number of ketones is 1. The first kappa shape index (κ1) is 21.8. The minimum absolute atomic E-state index is 0.122. The van der Waals surface area contributed by atoms with Gasteiger partial charge in [0, 0.05) is 10.9 Å². The second-order valence-electron chi connectivity index (χ2n) is 7.44. The lowest BCUT2D eigenvalue weighted by atomic mass is 9.90. The van der Waals surface area contributed by atoms with Crippen LogP contribution in [0.3, 0.4) is 0 Å². The van der Waals surface area contributed by atoms with E-state index in [9.17, 15) is 14.4 Å². The Hall–Kier alpha value is -2.47. The molecule has 0 bridgehead atoms. The zero-order valence-corrected chi connectivity index (χ0v) is 17.9. The lowest BCUT2D eigenvalue weighted by Crippen LogP contribution is -2.54. The molecule has 0 aliphatic rings. The van der Waals surface area contributed by atoms with E-state index in [0.29, 0.717) is 5.56 Å². The van der Waals surface area contributed by atoms with Crippen LogP contribution in [0.1, 0.15) is 43.6 Å². The van der Waals surface area contributed by atoms with Gasteiger partial charge in [0.2, 0.25) is 0 Å². The van der Waals surface area contributed by atoms with Crippen LogP contribution in [0.2, 0.25) is 0 Å². The molecule has 0 N–H and O–H groups in total. The number of benzene rings is 2. The van der Waals surface area contributed by atoms with Gasteiger partial charge in [-0.25, -0.2) is 9.59 Å². The number of ether oxygens (including phenoxy) is 2. The fourth-order valence-electron chi connectivity index (χ4n) is 2.53. The third-order valence-corrected chi connectivity index (χ3v) is 4.47. The van der Waals surface area contributed by atoms with Gasteiger partial charge in [-0.05, 0) is 57.5 Å². The maximum Gasteiger partial charge on any atom is 0.359 e. The quantitative estimate of drug-likeness (QED) is 0.481. The van der Waals surface area contributed by atoms with E-state index in [0.717, 1.165) is 4.47 Å². The molecule has 5 nitrogen and oxygen atoms in total. The molecule has 0 spiro atoms. The molecule has 0 aromatic heterocycles. The van der Waals surface area contributed by atoms with Crippen molar-refractivity contribution in [3.63, 3.8) is 0 Å². The second kappa shape index (κ2) is 8.69. The topological polar surface area (TPSA) is 69.7 Å². The normalized spacial score (nSPS) is 13.3. The summed E-state index contributed by atoms with van der Waals surface area (Å²) in [5, 5.41) is 0. The molecule has 6 heteroatoms. The number of Topliss-reactive ketones (excluding diaryl/α,β-unsaturated/α-hetero) is 1. The van der Waals surface area contributed by atoms with Gasteiger partial charge in [-0.1, -0.05) is 46.3 Å². The number of esters is 2. The average Bonchev–Trinajstić information content (AvgIpc) is 2.62. The van der Waals surface area contributed by atoms with Crippen LogP contribution in [0.25, 0.3) is 0 Å². The van der Waals surface area contributed by atoms with Crippen molar-refractivity contribution in [3.8, 4) is 0 Å². The molecule has 0 heterocycles. The monoisotopic (exact) mass is 446 g/mol. The fraction of sp³-hybridized carbons (Fsp3) is 0.318. The fourth-order valence-corrected chi connectivity index (χ4v) is 2.80. The summed E-state index contributed by atoms with van der Waals surface area (Å²) in [6.45, 7) is 6.29. The Bertz CT molecular complexity index is 853. The Morgan fingerprint density at radius 1 is 0.893 bits per heavy atom. The molecule has 1 unspecified atom stereocenters. The molecule has 0 saturated heterocycles. The van der Waals surface area contributed by atoms with E-state index < -0.39 is 28.9 Å². The third kappa shape index (κ3) is 5.52. The smallest absolute Gasteiger partial charge is 0.359 e. The Kier molecular flexibility index (Phi) is 6.77. The van der Waals surface area contributed by atoms with Crippen LogP contribution in [-0.4, -0.2) is 28.9 Å². The van der Waals surface area contributed by atoms with Crippen LogP contribution in [0.15, 0.2) is 59.1 Å². The van der Waals surface area contributed by atoms with Crippen LogP contribution in [0, 0.1) is 0 Å². The average molecular weight is 447 g/mol. The van der Waals surface area contributed by atoms with E-state index in [-0.39, 0.29) is 12.0 Å². The van der Waals surface area contributed by atoms with Gasteiger partial charge in [0.1, 0.15) is 5.60 Å². The summed E-state index contributed by atoms with van der Waals surface area (Å²) in [7, 11) is 0. The highest BCUT2D eigenvalue weighted by Crippen LogP contribution is 2.27. The first-order valence-corrected chi connectivity index (χ1v) is 9.60. The summed E-state index contributed by atoms with van der Waals surface area (Å²) in [5.74, 6) is -2.26. The highest BCUT2D eigenvalue weighted by Gasteiger charge is 2.50. The minimum atomic E-state index is -2.08. The Morgan fingerprint density at radius 2 is 1.46 bits per heavy atom. The largest absolute Gasteiger partial charge is 0.457 e. The summed E-state index contributed by atoms with van der Waals surface area (Å²) < 4.78 is 11.9. The lowest BCUT2D eigenvalue weighted by molar-refractivity contribution is -0.180. The van der Waals surface area contributed by atoms with Crippen LogP contribution in [0.4, 0.5) is 0 Å². The molecule has 0 aliphatic carbocycles. The van der Waals surface area contributed by atoms with Gasteiger partial charge in [0.25, 0.3) is 5.60 Å². The number of hydrogen-bond acceptors (Lipinski definition) is 5. The SMILES string of the molecule is CC(=O)C(Cc1ccc(Br)cc1)(OC(=O)c1ccccc1)C(=O)OC(C)(C)C. The number of hydrogen-bond donors (Lipinski definition) is 0. The number of halogens is 1. The molecule has 0 radical (unpaired) electrons. The van der Waals surface area contributed by atoms with E-state index >= 15 is 0 Å². The van der Waals surface area contributed by atoms with E-state index in [2.05, 4.69) is 15.9 Å². The molecule has 1 atom stereocenters. The lowest BCUT2D eigenvalue weighted by Gasteiger charge is -2.32. The summed E-state index contributed by atoms with van der Waals surface area (Å²) in [6.07, 6.45) is -0.122. The van der Waals surface area contributed by atoms with Crippen molar-refractivity contribution < 1.29 is 23.9 Å². The molecule has 0 saturated carbocycles. The molecule has 2 aromatic carbocycles. The van der Waals surface area contributed by atoms with Gasteiger partial charge in [-0.2, -0.15) is 0 Å². The minimum Gasteiger partial charge on any atom is -0.457 e. The van der Waals surface area contributed by atoms with Crippen molar-refractivity contribution in [3.05, 3.63) is 70.2 Å². The van der Waals surface area contributed by atoms with E-state index in [1.165, 1.54) is 6.92 Å². The molecular formula is C22H23BrO5. The first-order valence-electron chi connectivity index (χ1n) is 8.81. The maximum absolute atomic E-state index is 13.0. The molecule has 2 rings (SSSR count). The standard InChI is InChI=1S/C22H23BrO5/c1-15(24)22(20(26)28-21(2,3)4,14-16-10-12-18(23)13-11-16)27-19(25)17-8-6-5-7-9-17/h5-13H,14H2,1-4H3. The van der Waals surface area contributed by atoms with Crippen molar-refractivity contribution in [2.45, 2.75) is 45.3 Å². The number of carbonyl (C=O) groups excluding carboxylic acids is 3. The summed E-state index contributed by atoms with van der Waals surface area (Å²) in [4.78, 5) is 38.4. The molecular weight excluding hydrogens is 424 g/mol. The molecule has 0 fully saturated rings. The van der Waals surface area contributed by atoms with E-state index in [1.54, 1.807) is 75.4 Å². The van der Waals surface area contributed by atoms with Crippen LogP contribution >= 0.6 is 15.9 Å². The molecule has 28 heavy (non-hydrogen) atoms. The molecule has 0 aliphatic heterocycles. The molecule has 0 amide bonds. The first-order chi connectivity index (χ1) is 13.0. The number of carbonyl (C=O) groups is 3. The number of rotatable bonds is 6. The Morgan fingerprint density at radius 3 is 1.96 bits per heavy atom. The summed E-state index contributed by atoms with van der Waals surface area (Å²) >= 11 is 3.35. The molecule has 148 valence electrons. The van der Waals surface area contributed by atoms with Gasteiger partial charge in [-0.3, -0.25) is 4.79 Å². The Labute approximate surface area is 173 Å². The van der Waals surface area contributed by atoms with Gasteiger partial charge in [-0.15, -0.1) is 0 Å². The predicted molar refractivity (Wildman–Crippen MR) is 109 cm³/mol. The summed E-state index contributed by atoms with van der Waals surface area (Å²) in [5.41, 5.74) is -2.03. The van der Waals surface area contributed by atoms with Crippen molar-refractivity contribution in [1.29, 1.82) is 0 Å². The van der Waals surface area contributed by atoms with Crippen LogP contribution in [-0.2, 0) is 25.5 Å². The highest BCUT2D eigenvalue weighted by molar-refractivity contribution is 9.10. The highest BCUT2D eigenvalue weighted by atomic mass is 79.9. The van der Waals surface area contributed by atoms with Crippen molar-refractivity contribution in [1.82, 2.24) is 0 Å². The zero-order valence-electron chi connectivity index (χ0n) is 16.3. The van der Waals surface area contributed by atoms with Gasteiger partial charge < -0.3 is 9.47 Å². The Balaban J connectivity index is 2.46. The van der Waals surface area contributed by atoms with E-state index in [1.807, 2.05) is 0 Å². The maximum atomic E-state index is 13.0. The van der Waals surface area contributed by atoms with Gasteiger partial charge in [0.05, 0.1) is 5.56 Å². The van der Waals surface area contributed by atoms with Crippen molar-refractivity contribution >= 4 is 33.7 Å². The van der Waals surface area contributed by atoms with Crippen molar-refractivity contribution in [2.24, 2.45) is 0 Å². The molecule has 2 aromatic rings. The van der Waals surface area contributed by atoms with Gasteiger partial charge in [0.15, 0.2) is 5.78 Å². The summed E-state index contributed by atoms with van der Waals surface area (Å²) in [6, 6.07) is 15.3. The van der Waals surface area contributed by atoms with Crippen LogP contribution in [0.5, 0.6) is 0 Å². The van der Waals surface area contributed by atoms with Crippen molar-refractivity contribution in [2.75, 3.05) is 0 Å².